The number of aromatic nitrogens is 2. The summed E-state index contributed by atoms with van der Waals surface area (Å²) >= 11 is 0. The van der Waals surface area contributed by atoms with Gasteiger partial charge in [-0.2, -0.15) is 0 Å². The highest BCUT2D eigenvalue weighted by Gasteiger charge is 2.41. The van der Waals surface area contributed by atoms with Crippen molar-refractivity contribution in [2.75, 3.05) is 0 Å². The first-order valence-corrected chi connectivity index (χ1v) is 23.0. The maximum Gasteiger partial charge on any atom is 0.179 e. The van der Waals surface area contributed by atoms with Crippen LogP contribution in [0.5, 0.6) is 0 Å². The molecule has 3 nitrogen and oxygen atoms in total. The molecule has 0 atom stereocenters. The van der Waals surface area contributed by atoms with E-state index in [0.29, 0.717) is 38.0 Å². The van der Waals surface area contributed by atoms with Crippen molar-refractivity contribution in [3.8, 4) is 22.5 Å². The molecule has 0 aliphatic heterocycles. The molecule has 0 radical (unpaired) electrons. The van der Waals surface area contributed by atoms with E-state index in [-0.39, 0.29) is 16.1 Å². The standard InChI is InChI=1S/C60H40N2OSi/c1-4-18-41(19-5-1)42-32-36-46(37-33-42)64(44-20-6-2-7-21-44,45-22-8-3-9-23-45)47-38-34-43(35-39-47)61-53-28-14-12-26-50(53)52-40-56(60-58(59(52)61)51-27-13-17-31-57(51)63-60)62-54-29-15-10-24-48(54)49-25-11-16-30-55(49)62/h1-40H/i1D,4D,5D,18D,19D,32D,33D,34D,35D,36D,37D,38D,39D. The molecule has 10 aromatic carbocycles. The first-order chi connectivity index (χ1) is 37.2. The Hall–Kier alpha value is -8.18. The Balaban J connectivity index is 1.16. The Morgan fingerprint density at radius 1 is 0.391 bits per heavy atom. The van der Waals surface area contributed by atoms with Crippen molar-refractivity contribution in [2.24, 2.45) is 0 Å². The van der Waals surface area contributed by atoms with Crippen molar-refractivity contribution in [2.45, 2.75) is 0 Å². The normalized spacial score (nSPS) is 14.9. The second-order valence-electron chi connectivity index (χ2n) is 15.8. The van der Waals surface area contributed by atoms with Crippen LogP contribution in [0.15, 0.2) is 247 Å². The van der Waals surface area contributed by atoms with E-state index in [1.807, 2.05) is 72.8 Å². The molecular formula is C60H40N2OSi. The smallest absolute Gasteiger partial charge is 0.179 e. The highest BCUT2D eigenvalue weighted by Crippen LogP contribution is 2.45. The lowest BCUT2D eigenvalue weighted by Crippen LogP contribution is -2.74. The van der Waals surface area contributed by atoms with Crippen molar-refractivity contribution in [3.05, 3.63) is 242 Å². The number of hydrogen-bond acceptors (Lipinski definition) is 1. The van der Waals surface area contributed by atoms with Crippen LogP contribution < -0.4 is 20.7 Å². The van der Waals surface area contributed by atoms with Crippen LogP contribution in [-0.2, 0) is 0 Å². The van der Waals surface area contributed by atoms with E-state index in [0.717, 1.165) is 43.7 Å². The number of rotatable bonds is 7. The predicted octanol–water partition coefficient (Wildman–Crippen LogP) is 12.8. The van der Waals surface area contributed by atoms with E-state index < -0.39 is 97.8 Å². The minimum Gasteiger partial charge on any atom is -0.454 e. The second-order valence-corrected chi connectivity index (χ2v) is 19.4. The summed E-state index contributed by atoms with van der Waals surface area (Å²) in [5.74, 6) is 0. The largest absolute Gasteiger partial charge is 0.454 e. The molecular weight excluding hydrogens is 793 g/mol. The van der Waals surface area contributed by atoms with Crippen molar-refractivity contribution in [1.82, 2.24) is 9.13 Å². The lowest BCUT2D eigenvalue weighted by atomic mass is 10.1. The van der Waals surface area contributed by atoms with E-state index in [1.165, 1.54) is 0 Å². The molecule has 3 aromatic heterocycles. The fourth-order valence-electron chi connectivity index (χ4n) is 9.75. The number of furan rings is 1. The molecule has 0 aliphatic carbocycles. The van der Waals surface area contributed by atoms with E-state index >= 15 is 0 Å². The fourth-order valence-corrected chi connectivity index (χ4v) is 13.9. The first-order valence-electron chi connectivity index (χ1n) is 27.5. The number of fused-ring (bicyclic) bond motifs is 10. The lowest BCUT2D eigenvalue weighted by molar-refractivity contribution is 0.666. The van der Waals surface area contributed by atoms with Crippen LogP contribution in [0, 0.1) is 0 Å². The van der Waals surface area contributed by atoms with Crippen LogP contribution in [0.25, 0.3) is 88.1 Å². The molecule has 0 amide bonds. The summed E-state index contributed by atoms with van der Waals surface area (Å²) in [5.41, 5.74) is 3.93. The van der Waals surface area contributed by atoms with E-state index in [9.17, 15) is 11.0 Å². The topological polar surface area (TPSA) is 23.0 Å². The highest BCUT2D eigenvalue weighted by atomic mass is 28.3. The van der Waals surface area contributed by atoms with Crippen molar-refractivity contribution >= 4 is 94.4 Å². The Morgan fingerprint density at radius 2 is 0.859 bits per heavy atom. The van der Waals surface area contributed by atoms with Gasteiger partial charge in [0.15, 0.2) is 13.7 Å². The molecule has 0 spiro atoms. The third-order valence-electron chi connectivity index (χ3n) is 12.5. The molecule has 0 aliphatic rings. The Labute approximate surface area is 389 Å². The van der Waals surface area contributed by atoms with Crippen LogP contribution in [-0.4, -0.2) is 17.2 Å². The van der Waals surface area contributed by atoms with Gasteiger partial charge in [-0.3, -0.25) is 0 Å². The van der Waals surface area contributed by atoms with E-state index in [4.69, 9.17) is 11.3 Å². The summed E-state index contributed by atoms with van der Waals surface area (Å²) in [5, 5.41) is 5.64. The summed E-state index contributed by atoms with van der Waals surface area (Å²) < 4.78 is 134. The lowest BCUT2D eigenvalue weighted by Gasteiger charge is -2.34. The number of para-hydroxylation sites is 4. The average molecular weight is 846 g/mol. The second kappa shape index (κ2) is 14.5. The fraction of sp³-hybridized carbons (Fsp3) is 0. The van der Waals surface area contributed by atoms with Crippen molar-refractivity contribution in [3.63, 3.8) is 0 Å². The van der Waals surface area contributed by atoms with Crippen LogP contribution in [0.1, 0.15) is 17.8 Å². The van der Waals surface area contributed by atoms with Crippen LogP contribution in [0.3, 0.4) is 0 Å². The molecule has 4 heteroatoms. The molecule has 0 saturated heterocycles. The molecule has 0 fully saturated rings. The molecule has 3 heterocycles. The third-order valence-corrected chi connectivity index (χ3v) is 16.9. The van der Waals surface area contributed by atoms with Gasteiger partial charge in [0.05, 0.1) is 51.0 Å². The summed E-state index contributed by atoms with van der Waals surface area (Å²) in [4.78, 5) is 0. The van der Waals surface area contributed by atoms with Gasteiger partial charge in [-0.1, -0.05) is 200 Å². The molecule has 13 rings (SSSR count). The molecule has 13 aromatic rings. The number of nitrogens with zero attached hydrogens (tertiary/aromatic N) is 2. The minimum absolute atomic E-state index is 0.0636. The first kappa shape index (κ1) is 25.7. The SMILES string of the molecule is [2H]c1c([2H])c([2H])c(-c2c([2H])c([2H])c([Si](c3ccccc3)(c3ccccc3)c3c([2H])c([2H])c(-n4c5ccccc5c5cc(-n6c7ccccc7c7ccccc76)c6oc7ccccc7c6c54)c([2H])c3[2H])c([2H])c2[2H])c([2H])c1[2H]. The van der Waals surface area contributed by atoms with Crippen molar-refractivity contribution in [1.29, 1.82) is 0 Å². The van der Waals surface area contributed by atoms with Gasteiger partial charge in [0.2, 0.25) is 0 Å². The zero-order chi connectivity index (χ0) is 53.5. The summed E-state index contributed by atoms with van der Waals surface area (Å²) in [6, 6.07) is 43.2. The molecule has 0 N–H and O–H groups in total. The van der Waals surface area contributed by atoms with Gasteiger partial charge in [0.1, 0.15) is 5.58 Å². The Morgan fingerprint density at radius 3 is 1.45 bits per heavy atom. The van der Waals surface area contributed by atoms with Gasteiger partial charge in [-0.15, -0.1) is 0 Å². The minimum atomic E-state index is -4.61. The summed E-state index contributed by atoms with van der Waals surface area (Å²) in [6.45, 7) is 0. The quantitative estimate of drug-likeness (QED) is 0.116. The highest BCUT2D eigenvalue weighted by molar-refractivity contribution is 7.19. The van der Waals surface area contributed by atoms with E-state index in [2.05, 4.69) is 34.9 Å². The van der Waals surface area contributed by atoms with Crippen molar-refractivity contribution < 1.29 is 22.2 Å². The van der Waals surface area contributed by atoms with Gasteiger partial charge >= 0.3 is 0 Å². The molecule has 300 valence electrons. The van der Waals surface area contributed by atoms with Crippen LogP contribution in [0.2, 0.25) is 0 Å². The molecule has 0 unspecified atom stereocenters. The Bertz CT molecular complexity index is 4510. The zero-order valence-electron chi connectivity index (χ0n) is 46.9. The summed E-state index contributed by atoms with van der Waals surface area (Å²) in [6.07, 6.45) is 0. The predicted molar refractivity (Wildman–Crippen MR) is 271 cm³/mol. The number of hydrogen-bond donors (Lipinski definition) is 0. The van der Waals surface area contributed by atoms with Gasteiger partial charge in [0, 0.05) is 32.6 Å². The van der Waals surface area contributed by atoms with Gasteiger partial charge in [0.25, 0.3) is 0 Å². The third kappa shape index (κ3) is 5.33. The Kier molecular flexibility index (Phi) is 5.80. The molecule has 0 saturated carbocycles. The zero-order valence-corrected chi connectivity index (χ0v) is 34.9. The summed E-state index contributed by atoms with van der Waals surface area (Å²) in [7, 11) is -4.61. The molecule has 64 heavy (non-hydrogen) atoms. The van der Waals surface area contributed by atoms with Gasteiger partial charge in [-0.25, -0.2) is 0 Å². The monoisotopic (exact) mass is 845 g/mol. The van der Waals surface area contributed by atoms with Crippen LogP contribution in [0.4, 0.5) is 0 Å². The van der Waals surface area contributed by atoms with Gasteiger partial charge in [-0.05, 0) is 74.3 Å². The molecule has 0 bridgehead atoms. The average Bonchev–Trinajstić information content (AvgIpc) is 4.36. The van der Waals surface area contributed by atoms with E-state index in [1.54, 1.807) is 65.2 Å². The van der Waals surface area contributed by atoms with Gasteiger partial charge < -0.3 is 13.6 Å². The maximum absolute atomic E-state index is 10.4. The maximum atomic E-state index is 10.4. The van der Waals surface area contributed by atoms with Crippen LogP contribution >= 0.6 is 0 Å². The number of benzene rings is 10.